The second kappa shape index (κ2) is 65.8. The first-order valence-electron chi connectivity index (χ1n) is 0.532. The first-order chi connectivity index (χ1) is 1.73. The normalized spacial score (nSPS) is 5.64. The van der Waals surface area contributed by atoms with E-state index in [0.29, 0.717) is 0 Å². The van der Waals surface area contributed by atoms with E-state index in [1.54, 1.807) is 0 Å². The molecule has 0 aromatic carbocycles. The molecule has 0 aromatic heterocycles. The van der Waals surface area contributed by atoms with Crippen LogP contribution in [0.2, 0.25) is 0 Å². The Bertz CT molecular complexity index is 35.1. The SMILES string of the molecule is O.O.O.O.O.O.O=S(O)S.[NaH]. The van der Waals surface area contributed by atoms with E-state index in [4.69, 9.17) is 8.76 Å². The maximum absolute atomic E-state index is 8.98. The third kappa shape index (κ3) is 641. The molecule has 0 fully saturated rings. The fraction of sp³-hybridized carbons (Fsp3) is 0. The maximum atomic E-state index is 8.98. The van der Waals surface area contributed by atoms with Gasteiger partial charge in [-0.05, 0) is 11.7 Å². The van der Waals surface area contributed by atoms with Crippen LogP contribution in [0.3, 0.4) is 0 Å². The zero-order valence-electron chi connectivity index (χ0n) is 4.71. The number of hydrogen-bond donors (Lipinski definition) is 2. The average molecular weight is 230 g/mol. The third-order valence-electron chi connectivity index (χ3n) is 0. The van der Waals surface area contributed by atoms with E-state index in [-0.39, 0.29) is 62.4 Å². The summed E-state index contributed by atoms with van der Waals surface area (Å²) in [7, 11) is -1.92. The average Bonchev–Trinajstić information content (AvgIpc) is 0.811. The van der Waals surface area contributed by atoms with E-state index in [2.05, 4.69) is 11.7 Å². The molecule has 0 spiro atoms. The van der Waals surface area contributed by atoms with Crippen molar-refractivity contribution >= 4 is 51.3 Å². The first kappa shape index (κ1) is 86.4. The van der Waals surface area contributed by atoms with Crippen LogP contribution >= 0.6 is 11.7 Å². The van der Waals surface area contributed by atoms with E-state index in [1.807, 2.05) is 0 Å². The van der Waals surface area contributed by atoms with Gasteiger partial charge in [0, 0.05) is 0 Å². The van der Waals surface area contributed by atoms with Crippen molar-refractivity contribution in [3.05, 3.63) is 0 Å². The third-order valence-corrected chi connectivity index (χ3v) is 0. The van der Waals surface area contributed by atoms with E-state index in [0.717, 1.165) is 0 Å². The molecule has 0 bridgehead atoms. The Hall–Kier alpha value is 1.22. The molecule has 0 saturated carbocycles. The predicted octanol–water partition coefficient (Wildman–Crippen LogP) is -5.54. The predicted molar refractivity (Wildman–Crippen MR) is 48.6 cm³/mol. The molecule has 76 valence electrons. The summed E-state index contributed by atoms with van der Waals surface area (Å²) in [6, 6.07) is 0. The van der Waals surface area contributed by atoms with Crippen molar-refractivity contribution < 1.29 is 41.6 Å². The number of thiol groups is 1. The van der Waals surface area contributed by atoms with Crippen molar-refractivity contribution in [1.29, 1.82) is 0 Å². The van der Waals surface area contributed by atoms with Crippen LogP contribution in [0.1, 0.15) is 0 Å². The van der Waals surface area contributed by atoms with Crippen LogP contribution in [0.15, 0.2) is 0 Å². The molecule has 0 aliphatic carbocycles. The van der Waals surface area contributed by atoms with Gasteiger partial charge in [-0.2, -0.15) is 0 Å². The minimum atomic E-state index is -1.92. The van der Waals surface area contributed by atoms with E-state index in [1.165, 1.54) is 0 Å². The summed E-state index contributed by atoms with van der Waals surface area (Å²) in [6.45, 7) is 0. The first-order valence-corrected chi connectivity index (χ1v) is 2.69. The van der Waals surface area contributed by atoms with Gasteiger partial charge in [-0.25, -0.2) is 4.21 Å². The summed E-state index contributed by atoms with van der Waals surface area (Å²) in [6.07, 6.45) is 0. The summed E-state index contributed by atoms with van der Waals surface area (Å²) in [5, 5.41) is 0. The Morgan fingerprint density at radius 3 is 0.909 bits per heavy atom. The van der Waals surface area contributed by atoms with Crippen molar-refractivity contribution in [2.45, 2.75) is 0 Å². The Morgan fingerprint density at radius 1 is 0.909 bits per heavy atom. The zero-order chi connectivity index (χ0) is 3.58. The topological polar surface area (TPSA) is 226 Å². The van der Waals surface area contributed by atoms with Gasteiger partial charge in [0.05, 0.1) is 0 Å². The molecule has 11 heteroatoms. The number of rotatable bonds is 0. The molecule has 0 heterocycles. The Morgan fingerprint density at radius 2 is 0.909 bits per heavy atom. The molecule has 0 aliphatic heterocycles. The summed E-state index contributed by atoms with van der Waals surface area (Å²) in [5.41, 5.74) is 0. The monoisotopic (exact) mass is 230 g/mol. The van der Waals surface area contributed by atoms with E-state index < -0.39 is 10.1 Å². The van der Waals surface area contributed by atoms with E-state index >= 15 is 0 Å². The summed E-state index contributed by atoms with van der Waals surface area (Å²) in [5.74, 6) is 0. The second-order valence-corrected chi connectivity index (χ2v) is 1.63. The van der Waals surface area contributed by atoms with Crippen molar-refractivity contribution in [2.75, 3.05) is 0 Å². The van der Waals surface area contributed by atoms with Gasteiger partial charge in [0.2, 0.25) is 10.1 Å². The zero-order valence-corrected chi connectivity index (χ0v) is 6.42. The van der Waals surface area contributed by atoms with Crippen molar-refractivity contribution in [1.82, 2.24) is 0 Å². The van der Waals surface area contributed by atoms with Crippen LogP contribution in [-0.2, 0) is 10.1 Å². The van der Waals surface area contributed by atoms with Crippen LogP contribution in [-0.4, -0.2) is 71.2 Å². The molecule has 0 saturated heterocycles. The Labute approximate surface area is 92.6 Å². The molecule has 13 N–H and O–H groups in total. The number of hydrogen-bond acceptors (Lipinski definition) is 1. The van der Waals surface area contributed by atoms with Gasteiger partial charge in [0.25, 0.3) is 0 Å². The molecule has 0 rings (SSSR count). The summed E-state index contributed by atoms with van der Waals surface area (Å²) in [4.78, 5) is 0. The Balaban J connectivity index is -0.00000000214. The fourth-order valence-corrected chi connectivity index (χ4v) is 0. The summed E-state index contributed by atoms with van der Waals surface area (Å²) < 4.78 is 16.4. The van der Waals surface area contributed by atoms with Crippen molar-refractivity contribution in [3.63, 3.8) is 0 Å². The fourth-order valence-electron chi connectivity index (χ4n) is 0. The molecule has 0 radical (unpaired) electrons. The van der Waals surface area contributed by atoms with Crippen LogP contribution in [0, 0.1) is 0 Å². The molecular weight excluding hydrogens is 215 g/mol. The van der Waals surface area contributed by atoms with Gasteiger partial charge >= 0.3 is 29.6 Å². The van der Waals surface area contributed by atoms with Crippen LogP contribution in [0.4, 0.5) is 0 Å². The van der Waals surface area contributed by atoms with Gasteiger partial charge in [-0.1, -0.05) is 0 Å². The van der Waals surface area contributed by atoms with Crippen LogP contribution in [0.25, 0.3) is 0 Å². The quantitative estimate of drug-likeness (QED) is 0.179. The molecule has 0 aliphatic rings. The van der Waals surface area contributed by atoms with E-state index in [9.17, 15) is 0 Å². The molecule has 11 heavy (non-hydrogen) atoms. The van der Waals surface area contributed by atoms with Gasteiger partial charge in [-0.15, -0.1) is 0 Å². The second-order valence-electron chi connectivity index (χ2n) is 0.231. The molecule has 0 aromatic rings. The van der Waals surface area contributed by atoms with Gasteiger partial charge in [0.15, 0.2) is 0 Å². The molecule has 8 nitrogen and oxygen atoms in total. The summed E-state index contributed by atoms with van der Waals surface area (Å²) >= 11 is 2.99. The molecule has 0 amide bonds. The molecule has 1 unspecified atom stereocenters. The standard InChI is InChI=1S/Na.H2O2S2.6H2O.H/c;1-4(2)3;;;;;;;/h;(H2,1,2,3);6*1H2;. The van der Waals surface area contributed by atoms with Crippen LogP contribution in [0.5, 0.6) is 0 Å². The minimum absolute atomic E-state index is 0. The van der Waals surface area contributed by atoms with Crippen LogP contribution < -0.4 is 0 Å². The Kier molecular flexibility index (Phi) is 517. The van der Waals surface area contributed by atoms with Crippen molar-refractivity contribution in [3.8, 4) is 0 Å². The van der Waals surface area contributed by atoms with Gasteiger partial charge in [0.1, 0.15) is 0 Å². The van der Waals surface area contributed by atoms with Crippen molar-refractivity contribution in [2.24, 2.45) is 0 Å². The van der Waals surface area contributed by atoms with Gasteiger partial charge in [-0.3, -0.25) is 4.55 Å². The molecular formula is H15NaO8S2. The van der Waals surface area contributed by atoms with Gasteiger partial charge < -0.3 is 32.9 Å². The molecule has 1 atom stereocenters.